The summed E-state index contributed by atoms with van der Waals surface area (Å²) in [5, 5.41) is 11.7. The molecule has 7 heteroatoms. The SMILES string of the molecule is CC1CCN(c2ccc(-c3ccc(NC(=O)c4ccc5c(c4)OCO5)cc3)nn2)CC1. The molecule has 5 rings (SSSR count). The van der Waals surface area contributed by atoms with E-state index in [-0.39, 0.29) is 12.7 Å². The molecule has 1 N–H and O–H groups in total. The van der Waals surface area contributed by atoms with Gasteiger partial charge in [0.05, 0.1) is 5.69 Å². The van der Waals surface area contributed by atoms with Crippen molar-refractivity contribution in [3.63, 3.8) is 0 Å². The molecule has 0 radical (unpaired) electrons. The molecule has 0 bridgehead atoms. The van der Waals surface area contributed by atoms with Gasteiger partial charge >= 0.3 is 0 Å². The van der Waals surface area contributed by atoms with Crippen molar-refractivity contribution in [2.24, 2.45) is 5.92 Å². The zero-order chi connectivity index (χ0) is 21.2. The third-order valence-electron chi connectivity index (χ3n) is 5.83. The zero-order valence-electron chi connectivity index (χ0n) is 17.4. The van der Waals surface area contributed by atoms with E-state index in [1.807, 2.05) is 36.4 Å². The second-order valence-corrected chi connectivity index (χ2v) is 8.05. The van der Waals surface area contributed by atoms with Crippen LogP contribution in [0.5, 0.6) is 11.5 Å². The highest BCUT2D eigenvalue weighted by Crippen LogP contribution is 2.32. The number of aromatic nitrogens is 2. The molecule has 1 saturated heterocycles. The fraction of sp³-hybridized carbons (Fsp3) is 0.292. The first kappa shape index (κ1) is 19.4. The molecular formula is C24H24N4O3. The molecule has 0 unspecified atom stereocenters. The maximum Gasteiger partial charge on any atom is 0.255 e. The molecule has 0 atom stereocenters. The molecule has 1 fully saturated rings. The van der Waals surface area contributed by atoms with Gasteiger partial charge in [0, 0.05) is 29.9 Å². The number of anilines is 2. The van der Waals surface area contributed by atoms with Gasteiger partial charge in [-0.3, -0.25) is 4.79 Å². The normalized spacial score (nSPS) is 15.7. The van der Waals surface area contributed by atoms with Crippen LogP contribution in [-0.4, -0.2) is 36.0 Å². The highest BCUT2D eigenvalue weighted by atomic mass is 16.7. The average molecular weight is 416 g/mol. The summed E-state index contributed by atoms with van der Waals surface area (Å²) in [6.07, 6.45) is 2.39. The molecular weight excluding hydrogens is 392 g/mol. The number of piperidine rings is 1. The number of ether oxygens (including phenoxy) is 2. The van der Waals surface area contributed by atoms with Gasteiger partial charge in [-0.2, -0.15) is 0 Å². The van der Waals surface area contributed by atoms with E-state index in [1.54, 1.807) is 18.2 Å². The van der Waals surface area contributed by atoms with Crippen LogP contribution >= 0.6 is 0 Å². The summed E-state index contributed by atoms with van der Waals surface area (Å²) in [5.41, 5.74) is 2.98. The Labute approximate surface area is 181 Å². The van der Waals surface area contributed by atoms with Crippen molar-refractivity contribution >= 4 is 17.4 Å². The molecule has 7 nitrogen and oxygen atoms in total. The Morgan fingerprint density at radius 2 is 1.74 bits per heavy atom. The maximum absolute atomic E-state index is 12.5. The first-order chi connectivity index (χ1) is 15.2. The molecule has 0 aliphatic carbocycles. The van der Waals surface area contributed by atoms with Crippen LogP contribution in [0.15, 0.2) is 54.6 Å². The van der Waals surface area contributed by atoms with Gasteiger partial charge in [0.15, 0.2) is 17.3 Å². The number of hydrogen-bond acceptors (Lipinski definition) is 6. The maximum atomic E-state index is 12.5. The Balaban J connectivity index is 1.24. The number of carbonyl (C=O) groups excluding carboxylic acids is 1. The molecule has 0 saturated carbocycles. The van der Waals surface area contributed by atoms with E-state index in [1.165, 1.54) is 12.8 Å². The molecule has 2 aliphatic heterocycles. The summed E-state index contributed by atoms with van der Waals surface area (Å²) in [6.45, 7) is 4.55. The third-order valence-corrected chi connectivity index (χ3v) is 5.83. The number of hydrogen-bond donors (Lipinski definition) is 1. The van der Waals surface area contributed by atoms with Crippen LogP contribution in [0.3, 0.4) is 0 Å². The summed E-state index contributed by atoms with van der Waals surface area (Å²) < 4.78 is 10.6. The van der Waals surface area contributed by atoms with E-state index in [4.69, 9.17) is 9.47 Å². The minimum Gasteiger partial charge on any atom is -0.454 e. The van der Waals surface area contributed by atoms with Gasteiger partial charge < -0.3 is 19.7 Å². The van der Waals surface area contributed by atoms with E-state index >= 15 is 0 Å². The van der Waals surface area contributed by atoms with Gasteiger partial charge in [-0.1, -0.05) is 19.1 Å². The quantitative estimate of drug-likeness (QED) is 0.681. The third kappa shape index (κ3) is 4.17. The van der Waals surface area contributed by atoms with Crippen LogP contribution in [-0.2, 0) is 0 Å². The van der Waals surface area contributed by atoms with Gasteiger partial charge in [-0.05, 0) is 61.2 Å². The lowest BCUT2D eigenvalue weighted by Crippen LogP contribution is -2.33. The predicted molar refractivity (Wildman–Crippen MR) is 119 cm³/mol. The minimum absolute atomic E-state index is 0.184. The molecule has 0 spiro atoms. The van der Waals surface area contributed by atoms with E-state index < -0.39 is 0 Å². The average Bonchev–Trinajstić information content (AvgIpc) is 3.28. The lowest BCUT2D eigenvalue weighted by molar-refractivity contribution is 0.102. The van der Waals surface area contributed by atoms with Crippen molar-refractivity contribution < 1.29 is 14.3 Å². The monoisotopic (exact) mass is 416 g/mol. The second-order valence-electron chi connectivity index (χ2n) is 8.05. The molecule has 2 aliphatic rings. The molecule has 31 heavy (non-hydrogen) atoms. The number of nitrogens with zero attached hydrogens (tertiary/aromatic N) is 3. The lowest BCUT2D eigenvalue weighted by atomic mass is 9.99. The van der Waals surface area contributed by atoms with Crippen molar-refractivity contribution in [1.29, 1.82) is 0 Å². The molecule has 1 amide bonds. The van der Waals surface area contributed by atoms with Crippen LogP contribution in [0.2, 0.25) is 0 Å². The smallest absolute Gasteiger partial charge is 0.255 e. The Morgan fingerprint density at radius 1 is 0.968 bits per heavy atom. The van der Waals surface area contributed by atoms with E-state index in [9.17, 15) is 4.79 Å². The van der Waals surface area contributed by atoms with Crippen LogP contribution in [0.1, 0.15) is 30.1 Å². The fourth-order valence-electron chi connectivity index (χ4n) is 3.85. The van der Waals surface area contributed by atoms with Crippen LogP contribution in [0, 0.1) is 5.92 Å². The Morgan fingerprint density at radius 3 is 2.48 bits per heavy atom. The molecule has 3 aromatic rings. The van der Waals surface area contributed by atoms with E-state index in [0.29, 0.717) is 22.7 Å². The van der Waals surface area contributed by atoms with Crippen molar-refractivity contribution in [2.75, 3.05) is 30.1 Å². The summed E-state index contributed by atoms with van der Waals surface area (Å²) in [7, 11) is 0. The molecule has 158 valence electrons. The zero-order valence-corrected chi connectivity index (χ0v) is 17.4. The van der Waals surface area contributed by atoms with Gasteiger partial charge in [-0.25, -0.2) is 0 Å². The van der Waals surface area contributed by atoms with E-state index in [2.05, 4.69) is 27.3 Å². The Hall–Kier alpha value is -3.61. The van der Waals surface area contributed by atoms with Crippen molar-refractivity contribution in [3.05, 3.63) is 60.2 Å². The van der Waals surface area contributed by atoms with Gasteiger partial charge in [-0.15, -0.1) is 10.2 Å². The number of fused-ring (bicyclic) bond motifs is 1. The van der Waals surface area contributed by atoms with Crippen LogP contribution < -0.4 is 19.7 Å². The first-order valence-electron chi connectivity index (χ1n) is 10.6. The number of amides is 1. The summed E-state index contributed by atoms with van der Waals surface area (Å²) in [4.78, 5) is 14.8. The van der Waals surface area contributed by atoms with Crippen LogP contribution in [0.25, 0.3) is 11.3 Å². The summed E-state index contributed by atoms with van der Waals surface area (Å²) >= 11 is 0. The molecule has 3 heterocycles. The summed E-state index contributed by atoms with van der Waals surface area (Å²) in [5.74, 6) is 2.76. The fourth-order valence-corrected chi connectivity index (χ4v) is 3.85. The van der Waals surface area contributed by atoms with Crippen molar-refractivity contribution in [1.82, 2.24) is 10.2 Å². The second kappa shape index (κ2) is 8.26. The lowest BCUT2D eigenvalue weighted by Gasteiger charge is -2.30. The van der Waals surface area contributed by atoms with Crippen molar-refractivity contribution in [3.8, 4) is 22.8 Å². The van der Waals surface area contributed by atoms with Crippen molar-refractivity contribution in [2.45, 2.75) is 19.8 Å². The molecule has 1 aromatic heterocycles. The largest absolute Gasteiger partial charge is 0.454 e. The number of nitrogens with one attached hydrogen (secondary N) is 1. The number of rotatable bonds is 4. The van der Waals surface area contributed by atoms with Gasteiger partial charge in [0.2, 0.25) is 6.79 Å². The Kier molecular flexibility index (Phi) is 5.16. The number of carbonyl (C=O) groups is 1. The highest BCUT2D eigenvalue weighted by molar-refractivity contribution is 6.04. The van der Waals surface area contributed by atoms with Gasteiger partial charge in [0.1, 0.15) is 0 Å². The van der Waals surface area contributed by atoms with Crippen LogP contribution in [0.4, 0.5) is 11.5 Å². The number of benzene rings is 2. The highest BCUT2D eigenvalue weighted by Gasteiger charge is 2.18. The van der Waals surface area contributed by atoms with E-state index in [0.717, 1.165) is 36.1 Å². The molecule has 2 aromatic carbocycles. The minimum atomic E-state index is -0.203. The van der Waals surface area contributed by atoms with Gasteiger partial charge in [0.25, 0.3) is 5.91 Å². The predicted octanol–water partition coefficient (Wildman–Crippen LogP) is 4.36. The topological polar surface area (TPSA) is 76.6 Å². The summed E-state index contributed by atoms with van der Waals surface area (Å²) in [6, 6.07) is 16.8. The first-order valence-corrected chi connectivity index (χ1v) is 10.6. The Bertz CT molecular complexity index is 1070. The standard InChI is InChI=1S/C24H24N4O3/c1-16-10-12-28(13-11-16)23-9-7-20(26-27-23)17-2-5-19(6-3-17)25-24(29)18-4-8-21-22(14-18)31-15-30-21/h2-9,14,16H,10-13,15H2,1H3,(H,25,29).